The molecule has 2 N–H and O–H groups in total. The summed E-state index contributed by atoms with van der Waals surface area (Å²) >= 11 is 0. The van der Waals surface area contributed by atoms with Gasteiger partial charge in [0.25, 0.3) is 11.5 Å². The molecule has 2 amide bonds. The summed E-state index contributed by atoms with van der Waals surface area (Å²) in [7, 11) is 0. The molecule has 2 aromatic rings. The number of rotatable bonds is 6. The number of aromatic hydroxyl groups is 1. The molecule has 3 aliphatic rings. The lowest BCUT2D eigenvalue weighted by Gasteiger charge is -2.52. The van der Waals surface area contributed by atoms with Crippen molar-refractivity contribution in [3.8, 4) is 5.88 Å². The van der Waals surface area contributed by atoms with Gasteiger partial charge in [0.05, 0.1) is 24.9 Å². The zero-order valence-electron chi connectivity index (χ0n) is 19.6. The van der Waals surface area contributed by atoms with Gasteiger partial charge in [-0.05, 0) is 44.1 Å². The molecule has 10 heteroatoms. The number of hydrogen-bond acceptors (Lipinski definition) is 6. The molecular formula is C24H31N5O5. The highest BCUT2D eigenvalue weighted by Gasteiger charge is 2.46. The fourth-order valence-electron chi connectivity index (χ4n) is 4.88. The minimum absolute atomic E-state index is 0.0434. The molecule has 182 valence electrons. The van der Waals surface area contributed by atoms with Crippen LogP contribution in [0.2, 0.25) is 0 Å². The minimum atomic E-state index is -0.682. The number of fused-ring (bicyclic) bond motifs is 1. The zero-order valence-corrected chi connectivity index (χ0v) is 19.6. The standard InChI is InChI=1S/C24H31N5O5/c1-15(2)13-27-21-16(4-7-18(30)28-10-11-34-14-24(28)8-3-9-24)12-25-29(21)23(33)19(22(27)32)20(31)26-17-5-6-17/h4,7,12,15,17,32H,3,5-6,8-11,13-14H2,1-2H3,(H,26,31). The SMILES string of the molecule is CC(C)Cn1c(O)c(C(=O)NC2CC2)c(=O)n2ncc(C=CC(=O)N3CCOCC34CCC4)c12. The Morgan fingerprint density at radius 1 is 1.35 bits per heavy atom. The van der Waals surface area contributed by atoms with Crippen LogP contribution in [0.1, 0.15) is 61.9 Å². The predicted octanol–water partition coefficient (Wildman–Crippen LogP) is 1.54. The van der Waals surface area contributed by atoms with Crippen molar-refractivity contribution in [1.29, 1.82) is 0 Å². The Labute approximate surface area is 197 Å². The molecule has 1 saturated heterocycles. The highest BCUT2D eigenvalue weighted by atomic mass is 16.5. The van der Waals surface area contributed by atoms with E-state index < -0.39 is 11.5 Å². The highest BCUT2D eigenvalue weighted by Crippen LogP contribution is 2.39. The monoisotopic (exact) mass is 469 g/mol. The molecular weight excluding hydrogens is 438 g/mol. The number of carbonyl (C=O) groups excluding carboxylic acids is 2. The van der Waals surface area contributed by atoms with Gasteiger partial charge >= 0.3 is 0 Å². The maximum Gasteiger partial charge on any atom is 0.291 e. The number of nitrogens with zero attached hydrogens (tertiary/aromatic N) is 4. The number of ether oxygens (including phenoxy) is 1. The van der Waals surface area contributed by atoms with E-state index in [2.05, 4.69) is 10.4 Å². The number of aromatic nitrogens is 3. The number of nitrogens with one attached hydrogen (secondary N) is 1. The molecule has 3 heterocycles. The van der Waals surface area contributed by atoms with Crippen LogP contribution in [0, 0.1) is 5.92 Å². The Bertz CT molecular complexity index is 1220. The van der Waals surface area contributed by atoms with Gasteiger partial charge in [-0.1, -0.05) is 13.8 Å². The van der Waals surface area contributed by atoms with Crippen LogP contribution < -0.4 is 10.9 Å². The van der Waals surface area contributed by atoms with Crippen LogP contribution in [-0.4, -0.2) is 67.3 Å². The molecule has 5 rings (SSSR count). The molecule has 3 fully saturated rings. The summed E-state index contributed by atoms with van der Waals surface area (Å²) in [6.45, 7) is 5.96. The van der Waals surface area contributed by atoms with E-state index in [0.717, 1.165) is 36.6 Å². The van der Waals surface area contributed by atoms with Crippen molar-refractivity contribution in [3.05, 3.63) is 33.8 Å². The molecule has 2 saturated carbocycles. The highest BCUT2D eigenvalue weighted by molar-refractivity contribution is 5.97. The lowest BCUT2D eigenvalue weighted by atomic mass is 9.75. The Hall–Kier alpha value is -3.14. The van der Waals surface area contributed by atoms with Gasteiger partial charge in [0.2, 0.25) is 11.8 Å². The summed E-state index contributed by atoms with van der Waals surface area (Å²) in [5.74, 6) is -0.959. The number of morpholine rings is 1. The predicted molar refractivity (Wildman–Crippen MR) is 125 cm³/mol. The lowest BCUT2D eigenvalue weighted by molar-refractivity contribution is -0.153. The second kappa shape index (κ2) is 8.57. The maximum atomic E-state index is 13.1. The quantitative estimate of drug-likeness (QED) is 0.620. The number of amides is 2. The number of hydrogen-bond donors (Lipinski definition) is 2. The molecule has 2 aliphatic carbocycles. The topological polar surface area (TPSA) is 118 Å². The van der Waals surface area contributed by atoms with Crippen LogP contribution in [0.15, 0.2) is 17.1 Å². The summed E-state index contributed by atoms with van der Waals surface area (Å²) < 4.78 is 8.29. The third kappa shape index (κ3) is 3.89. The van der Waals surface area contributed by atoms with Crippen molar-refractivity contribution in [2.24, 2.45) is 5.92 Å². The van der Waals surface area contributed by atoms with E-state index in [1.165, 1.54) is 16.8 Å². The first-order valence-electron chi connectivity index (χ1n) is 12.0. The summed E-state index contributed by atoms with van der Waals surface area (Å²) in [5.41, 5.74) is -0.328. The summed E-state index contributed by atoms with van der Waals surface area (Å²) in [4.78, 5) is 40.8. The molecule has 0 bridgehead atoms. The lowest BCUT2D eigenvalue weighted by Crippen LogP contribution is -2.62. The fraction of sp³-hybridized carbons (Fsp3) is 0.583. The Morgan fingerprint density at radius 2 is 2.12 bits per heavy atom. The van der Waals surface area contributed by atoms with Crippen LogP contribution in [-0.2, 0) is 16.1 Å². The minimum Gasteiger partial charge on any atom is -0.494 e. The molecule has 2 aromatic heterocycles. The molecule has 1 spiro atoms. The second-order valence-electron chi connectivity index (χ2n) is 10.0. The van der Waals surface area contributed by atoms with Gasteiger partial charge in [-0.25, -0.2) is 0 Å². The van der Waals surface area contributed by atoms with Crippen molar-refractivity contribution in [1.82, 2.24) is 24.4 Å². The van der Waals surface area contributed by atoms with Crippen LogP contribution in [0.3, 0.4) is 0 Å². The van der Waals surface area contributed by atoms with E-state index in [1.807, 2.05) is 18.7 Å². The average Bonchev–Trinajstić information content (AvgIpc) is 3.49. The molecule has 0 atom stereocenters. The maximum absolute atomic E-state index is 13.1. The van der Waals surface area contributed by atoms with Gasteiger partial charge < -0.3 is 20.1 Å². The van der Waals surface area contributed by atoms with E-state index in [0.29, 0.717) is 37.5 Å². The summed E-state index contributed by atoms with van der Waals surface area (Å²) in [5, 5.41) is 18.0. The molecule has 1 aliphatic heterocycles. The van der Waals surface area contributed by atoms with Crippen molar-refractivity contribution in [2.45, 2.75) is 64.1 Å². The first-order chi connectivity index (χ1) is 16.3. The normalized spacial score (nSPS) is 19.8. The third-order valence-corrected chi connectivity index (χ3v) is 6.96. The second-order valence-corrected chi connectivity index (χ2v) is 10.0. The van der Waals surface area contributed by atoms with Crippen molar-refractivity contribution < 1.29 is 19.4 Å². The van der Waals surface area contributed by atoms with E-state index >= 15 is 0 Å². The van der Waals surface area contributed by atoms with Crippen LogP contribution in [0.25, 0.3) is 11.7 Å². The van der Waals surface area contributed by atoms with E-state index in [-0.39, 0.29) is 34.8 Å². The third-order valence-electron chi connectivity index (χ3n) is 6.96. The van der Waals surface area contributed by atoms with Gasteiger partial charge in [0.1, 0.15) is 5.65 Å². The Balaban J connectivity index is 1.52. The fourth-order valence-corrected chi connectivity index (χ4v) is 4.88. The molecule has 10 nitrogen and oxygen atoms in total. The average molecular weight is 470 g/mol. The smallest absolute Gasteiger partial charge is 0.291 e. The van der Waals surface area contributed by atoms with Gasteiger partial charge in [-0.15, -0.1) is 0 Å². The summed E-state index contributed by atoms with van der Waals surface area (Å²) in [6, 6.07) is 0.0434. The molecule has 0 unspecified atom stereocenters. The zero-order chi connectivity index (χ0) is 24.0. The Morgan fingerprint density at radius 3 is 2.76 bits per heavy atom. The number of carbonyl (C=O) groups is 2. The van der Waals surface area contributed by atoms with Crippen LogP contribution >= 0.6 is 0 Å². The van der Waals surface area contributed by atoms with Crippen molar-refractivity contribution in [2.75, 3.05) is 19.8 Å². The van der Waals surface area contributed by atoms with Gasteiger partial charge in [0, 0.05) is 30.8 Å². The molecule has 0 radical (unpaired) electrons. The molecule has 0 aromatic carbocycles. The first kappa shape index (κ1) is 22.6. The van der Waals surface area contributed by atoms with Gasteiger partial charge in [0.15, 0.2) is 5.56 Å². The van der Waals surface area contributed by atoms with Crippen LogP contribution in [0.4, 0.5) is 0 Å². The van der Waals surface area contributed by atoms with Gasteiger partial charge in [-0.2, -0.15) is 9.61 Å². The van der Waals surface area contributed by atoms with Gasteiger partial charge in [-0.3, -0.25) is 19.0 Å². The van der Waals surface area contributed by atoms with Crippen molar-refractivity contribution >= 4 is 23.5 Å². The van der Waals surface area contributed by atoms with Crippen LogP contribution in [0.5, 0.6) is 5.88 Å². The van der Waals surface area contributed by atoms with E-state index in [4.69, 9.17) is 4.74 Å². The largest absolute Gasteiger partial charge is 0.494 e. The van der Waals surface area contributed by atoms with E-state index in [9.17, 15) is 19.5 Å². The Kier molecular flexibility index (Phi) is 5.71. The van der Waals surface area contributed by atoms with E-state index in [1.54, 1.807) is 6.08 Å². The molecule has 34 heavy (non-hydrogen) atoms. The summed E-state index contributed by atoms with van der Waals surface area (Å²) in [6.07, 6.45) is 9.31. The van der Waals surface area contributed by atoms with Crippen molar-refractivity contribution in [3.63, 3.8) is 0 Å². The first-order valence-corrected chi connectivity index (χ1v) is 12.0.